The number of hydrogen-bond acceptors (Lipinski definition) is 5. The molecule has 0 bridgehead atoms. The van der Waals surface area contributed by atoms with Gasteiger partial charge in [0.1, 0.15) is 0 Å². The third kappa shape index (κ3) is 4.60. The number of amides is 2. The van der Waals surface area contributed by atoms with E-state index in [9.17, 15) is 14.9 Å². The van der Waals surface area contributed by atoms with Gasteiger partial charge in [-0.05, 0) is 36.8 Å². The number of nitro groups is 1. The fourth-order valence-corrected chi connectivity index (χ4v) is 2.24. The molecular formula is C17H19N3O5. The summed E-state index contributed by atoms with van der Waals surface area (Å²) in [5.74, 6) is 1.18. The van der Waals surface area contributed by atoms with E-state index >= 15 is 0 Å². The summed E-state index contributed by atoms with van der Waals surface area (Å²) in [6.45, 7) is 1.83. The summed E-state index contributed by atoms with van der Waals surface area (Å²) in [5.41, 5.74) is 1.27. The van der Waals surface area contributed by atoms with Crippen molar-refractivity contribution in [2.24, 2.45) is 0 Å². The lowest BCUT2D eigenvalue weighted by molar-refractivity contribution is -0.384. The largest absolute Gasteiger partial charge is 0.493 e. The zero-order chi connectivity index (χ0) is 18.4. The molecule has 2 rings (SSSR count). The zero-order valence-electron chi connectivity index (χ0n) is 14.1. The second-order valence-corrected chi connectivity index (χ2v) is 5.24. The number of rotatable bonds is 6. The van der Waals surface area contributed by atoms with Crippen molar-refractivity contribution in [2.45, 2.75) is 13.0 Å². The normalized spacial score (nSPS) is 11.3. The van der Waals surface area contributed by atoms with E-state index in [1.807, 2.05) is 13.0 Å². The monoisotopic (exact) mass is 345 g/mol. The average molecular weight is 345 g/mol. The van der Waals surface area contributed by atoms with Crippen LogP contribution in [0.5, 0.6) is 11.5 Å². The van der Waals surface area contributed by atoms with Crippen molar-refractivity contribution < 1.29 is 19.2 Å². The number of hydrogen-bond donors (Lipinski definition) is 2. The molecule has 8 heteroatoms. The number of anilines is 1. The van der Waals surface area contributed by atoms with Crippen LogP contribution in [0.2, 0.25) is 0 Å². The molecule has 2 aromatic rings. The molecule has 0 aliphatic carbocycles. The van der Waals surface area contributed by atoms with Gasteiger partial charge in [0.15, 0.2) is 11.5 Å². The Hall–Kier alpha value is -3.29. The Morgan fingerprint density at radius 3 is 2.28 bits per heavy atom. The second kappa shape index (κ2) is 8.00. The molecule has 0 aliphatic rings. The Kier molecular flexibility index (Phi) is 5.78. The Morgan fingerprint density at radius 2 is 1.72 bits per heavy atom. The summed E-state index contributed by atoms with van der Waals surface area (Å²) >= 11 is 0. The maximum absolute atomic E-state index is 12.1. The van der Waals surface area contributed by atoms with Crippen molar-refractivity contribution in [3.63, 3.8) is 0 Å². The van der Waals surface area contributed by atoms with Gasteiger partial charge in [0, 0.05) is 17.8 Å². The van der Waals surface area contributed by atoms with Gasteiger partial charge in [-0.25, -0.2) is 4.79 Å². The van der Waals surface area contributed by atoms with Crippen LogP contribution in [0, 0.1) is 10.1 Å². The van der Waals surface area contributed by atoms with E-state index in [1.54, 1.807) is 26.4 Å². The Morgan fingerprint density at radius 1 is 1.08 bits per heavy atom. The molecule has 0 saturated carbocycles. The number of urea groups is 1. The maximum atomic E-state index is 12.1. The maximum Gasteiger partial charge on any atom is 0.319 e. The first kappa shape index (κ1) is 18.1. The molecular weight excluding hydrogens is 326 g/mol. The Bertz CT molecular complexity index is 761. The number of carbonyl (C=O) groups excluding carboxylic acids is 1. The molecule has 0 aromatic heterocycles. The zero-order valence-corrected chi connectivity index (χ0v) is 14.1. The molecule has 132 valence electrons. The lowest BCUT2D eigenvalue weighted by atomic mass is 10.1. The van der Waals surface area contributed by atoms with E-state index in [4.69, 9.17) is 9.47 Å². The molecule has 2 N–H and O–H groups in total. The highest BCUT2D eigenvalue weighted by Crippen LogP contribution is 2.29. The van der Waals surface area contributed by atoms with Crippen LogP contribution in [0.4, 0.5) is 16.2 Å². The van der Waals surface area contributed by atoms with Crippen LogP contribution in [0.15, 0.2) is 42.5 Å². The van der Waals surface area contributed by atoms with Crippen molar-refractivity contribution in [1.82, 2.24) is 5.32 Å². The lowest BCUT2D eigenvalue weighted by Crippen LogP contribution is -2.31. The molecule has 0 aliphatic heterocycles. The highest BCUT2D eigenvalue weighted by molar-refractivity contribution is 5.89. The van der Waals surface area contributed by atoms with Crippen molar-refractivity contribution in [3.05, 3.63) is 58.1 Å². The molecule has 8 nitrogen and oxygen atoms in total. The summed E-state index contributed by atoms with van der Waals surface area (Å²) in [7, 11) is 3.10. The van der Waals surface area contributed by atoms with Crippen LogP contribution in [0.3, 0.4) is 0 Å². The number of methoxy groups -OCH3 is 2. The molecule has 2 aromatic carbocycles. The van der Waals surface area contributed by atoms with Gasteiger partial charge < -0.3 is 20.1 Å². The van der Waals surface area contributed by atoms with E-state index in [0.717, 1.165) is 5.56 Å². The Balaban J connectivity index is 2.01. The predicted molar refractivity (Wildman–Crippen MR) is 93.2 cm³/mol. The molecule has 2 amide bonds. The number of nitrogens with one attached hydrogen (secondary N) is 2. The number of nitro benzene ring substituents is 1. The molecule has 0 fully saturated rings. The fraction of sp³-hybridized carbons (Fsp3) is 0.235. The van der Waals surface area contributed by atoms with E-state index in [1.165, 1.54) is 24.3 Å². The summed E-state index contributed by atoms with van der Waals surface area (Å²) in [4.78, 5) is 22.2. The topological polar surface area (TPSA) is 103 Å². The standard InChI is InChI=1S/C17H19N3O5/c1-11(12-4-9-15(24-2)16(10-12)25-3)18-17(21)19-13-5-7-14(8-6-13)20(22)23/h4-11H,1-3H3,(H2,18,19,21). The highest BCUT2D eigenvalue weighted by atomic mass is 16.6. The molecule has 0 heterocycles. The van der Waals surface area contributed by atoms with Gasteiger partial charge in [-0.2, -0.15) is 0 Å². The summed E-state index contributed by atoms with van der Waals surface area (Å²) < 4.78 is 10.4. The number of ether oxygens (including phenoxy) is 2. The molecule has 25 heavy (non-hydrogen) atoms. The van der Waals surface area contributed by atoms with Crippen LogP contribution < -0.4 is 20.1 Å². The van der Waals surface area contributed by atoms with Crippen LogP contribution >= 0.6 is 0 Å². The van der Waals surface area contributed by atoms with Crippen LogP contribution in [0.25, 0.3) is 0 Å². The first-order valence-corrected chi connectivity index (χ1v) is 7.48. The third-order valence-corrected chi connectivity index (χ3v) is 3.59. The van der Waals surface area contributed by atoms with Gasteiger partial charge in [0.2, 0.25) is 0 Å². The van der Waals surface area contributed by atoms with Gasteiger partial charge in [-0.3, -0.25) is 10.1 Å². The minimum absolute atomic E-state index is 0.0374. The first-order valence-electron chi connectivity index (χ1n) is 7.48. The highest BCUT2D eigenvalue weighted by Gasteiger charge is 2.13. The van der Waals surface area contributed by atoms with E-state index in [0.29, 0.717) is 17.2 Å². The fourth-order valence-electron chi connectivity index (χ4n) is 2.24. The van der Waals surface area contributed by atoms with Crippen LogP contribution in [-0.2, 0) is 0 Å². The van der Waals surface area contributed by atoms with Gasteiger partial charge >= 0.3 is 6.03 Å². The van der Waals surface area contributed by atoms with Crippen molar-refractivity contribution in [2.75, 3.05) is 19.5 Å². The lowest BCUT2D eigenvalue weighted by Gasteiger charge is -2.17. The molecule has 1 unspecified atom stereocenters. The summed E-state index contributed by atoms with van der Waals surface area (Å²) in [5, 5.41) is 16.0. The molecule has 1 atom stereocenters. The predicted octanol–water partition coefficient (Wildman–Crippen LogP) is 3.49. The summed E-state index contributed by atoms with van der Waals surface area (Å²) in [6.07, 6.45) is 0. The third-order valence-electron chi connectivity index (χ3n) is 3.59. The Labute approximate surface area is 144 Å². The van der Waals surface area contributed by atoms with Gasteiger partial charge in [-0.15, -0.1) is 0 Å². The smallest absolute Gasteiger partial charge is 0.319 e. The van der Waals surface area contributed by atoms with Crippen molar-refractivity contribution in [1.29, 1.82) is 0 Å². The number of benzene rings is 2. The SMILES string of the molecule is COc1ccc(C(C)NC(=O)Nc2ccc([N+](=O)[O-])cc2)cc1OC. The number of nitrogens with zero attached hydrogens (tertiary/aromatic N) is 1. The number of non-ortho nitro benzene ring substituents is 1. The van der Waals surface area contributed by atoms with E-state index in [-0.39, 0.29) is 11.7 Å². The van der Waals surface area contributed by atoms with Gasteiger partial charge in [0.05, 0.1) is 25.2 Å². The van der Waals surface area contributed by atoms with E-state index < -0.39 is 11.0 Å². The van der Waals surface area contributed by atoms with E-state index in [2.05, 4.69) is 10.6 Å². The van der Waals surface area contributed by atoms with Gasteiger partial charge in [0.25, 0.3) is 5.69 Å². The summed E-state index contributed by atoms with van der Waals surface area (Å²) in [6, 6.07) is 10.3. The van der Waals surface area contributed by atoms with Gasteiger partial charge in [-0.1, -0.05) is 6.07 Å². The second-order valence-electron chi connectivity index (χ2n) is 5.24. The van der Waals surface area contributed by atoms with Crippen molar-refractivity contribution in [3.8, 4) is 11.5 Å². The van der Waals surface area contributed by atoms with Crippen LogP contribution in [0.1, 0.15) is 18.5 Å². The quantitative estimate of drug-likeness (QED) is 0.616. The molecule has 0 saturated heterocycles. The average Bonchev–Trinajstić information content (AvgIpc) is 2.61. The van der Waals surface area contributed by atoms with Crippen molar-refractivity contribution >= 4 is 17.4 Å². The molecule has 0 spiro atoms. The minimum atomic E-state index is -0.497. The minimum Gasteiger partial charge on any atom is -0.493 e. The molecule has 0 radical (unpaired) electrons. The first-order chi connectivity index (χ1) is 11.9. The number of carbonyl (C=O) groups is 1. The van der Waals surface area contributed by atoms with Crippen LogP contribution in [-0.4, -0.2) is 25.2 Å².